The molecule has 0 aliphatic heterocycles. The third-order valence-electron chi connectivity index (χ3n) is 4.84. The number of amides is 2. The number of ether oxygens (including phenoxy) is 4. The van der Waals surface area contributed by atoms with E-state index in [0.717, 1.165) is 0 Å². The molecular formula is C23H27Cl2N3O7S. The largest absolute Gasteiger partial charge is 0.493 e. The molecule has 1 aromatic heterocycles. The lowest BCUT2D eigenvalue weighted by molar-refractivity contribution is -0.149. The number of aromatic nitrogens is 1. The van der Waals surface area contributed by atoms with Gasteiger partial charge in [-0.05, 0) is 43.6 Å². The van der Waals surface area contributed by atoms with E-state index in [1.807, 2.05) is 6.26 Å². The minimum absolute atomic E-state index is 0.0919. The monoisotopic (exact) mass is 559 g/mol. The number of rotatable bonds is 12. The van der Waals surface area contributed by atoms with Crippen molar-refractivity contribution in [2.24, 2.45) is 0 Å². The number of pyridine rings is 1. The standard InChI is InChI=1S/C23H27Cl2N3O7S/c1-12-14(24)10-15(25)21(26-12)28-19(29)11-35-23(31)16(6-7-36-5)27-22(30)13-8-17(32-2)20(34-4)18(9-13)33-3/h8-10,16H,6-7,11H2,1-5H3,(H,27,30)(H,26,28,29)/t16-/m0/s1. The number of hydrogen-bond acceptors (Lipinski definition) is 9. The zero-order valence-electron chi connectivity index (χ0n) is 20.4. The fourth-order valence-electron chi connectivity index (χ4n) is 2.99. The molecule has 0 unspecified atom stereocenters. The van der Waals surface area contributed by atoms with Gasteiger partial charge in [-0.2, -0.15) is 11.8 Å². The van der Waals surface area contributed by atoms with Gasteiger partial charge in [-0.1, -0.05) is 23.2 Å². The van der Waals surface area contributed by atoms with Crippen molar-refractivity contribution >= 4 is 58.6 Å². The topological polar surface area (TPSA) is 125 Å². The molecule has 0 bridgehead atoms. The van der Waals surface area contributed by atoms with Crippen LogP contribution < -0.4 is 24.8 Å². The Hall–Kier alpha value is -2.89. The minimum Gasteiger partial charge on any atom is -0.493 e. The van der Waals surface area contributed by atoms with Crippen LogP contribution >= 0.6 is 35.0 Å². The normalized spacial score (nSPS) is 11.3. The maximum absolute atomic E-state index is 12.9. The highest BCUT2D eigenvalue weighted by molar-refractivity contribution is 7.98. The van der Waals surface area contributed by atoms with Gasteiger partial charge in [-0.3, -0.25) is 9.59 Å². The average Bonchev–Trinajstić information content (AvgIpc) is 2.86. The van der Waals surface area contributed by atoms with E-state index >= 15 is 0 Å². The SMILES string of the molecule is COc1cc(C(=O)N[C@@H](CCSC)C(=O)OCC(=O)Nc2nc(C)c(Cl)cc2Cl)cc(OC)c1OC. The number of halogens is 2. The van der Waals surface area contributed by atoms with Crippen LogP contribution in [0.5, 0.6) is 17.2 Å². The van der Waals surface area contributed by atoms with Gasteiger partial charge in [0, 0.05) is 5.56 Å². The van der Waals surface area contributed by atoms with Crippen LogP contribution in [0.4, 0.5) is 5.82 Å². The Morgan fingerprint density at radius 2 is 1.67 bits per heavy atom. The second kappa shape index (κ2) is 14.0. The van der Waals surface area contributed by atoms with Crippen molar-refractivity contribution in [1.82, 2.24) is 10.3 Å². The fraction of sp³-hybridized carbons (Fsp3) is 0.391. The molecule has 2 amide bonds. The molecule has 0 saturated heterocycles. The Balaban J connectivity index is 2.09. The molecular weight excluding hydrogens is 533 g/mol. The van der Waals surface area contributed by atoms with Crippen LogP contribution in [0.3, 0.4) is 0 Å². The molecule has 0 saturated carbocycles. The summed E-state index contributed by atoms with van der Waals surface area (Å²) in [7, 11) is 4.30. The van der Waals surface area contributed by atoms with Gasteiger partial charge in [0.1, 0.15) is 6.04 Å². The zero-order chi connectivity index (χ0) is 26.8. The fourth-order valence-corrected chi connectivity index (χ4v) is 3.87. The highest BCUT2D eigenvalue weighted by Gasteiger charge is 2.25. The molecule has 0 fully saturated rings. The van der Waals surface area contributed by atoms with E-state index in [0.29, 0.717) is 22.2 Å². The Labute approximate surface area is 223 Å². The van der Waals surface area contributed by atoms with E-state index < -0.39 is 30.4 Å². The number of carbonyl (C=O) groups excluding carboxylic acids is 3. The third kappa shape index (κ3) is 7.81. The molecule has 1 heterocycles. The number of carbonyl (C=O) groups is 3. The van der Waals surface area contributed by atoms with Crippen LogP contribution in [0.1, 0.15) is 22.5 Å². The maximum Gasteiger partial charge on any atom is 0.329 e. The van der Waals surface area contributed by atoms with Gasteiger partial charge in [0.15, 0.2) is 23.9 Å². The Bertz CT molecular complexity index is 1090. The Morgan fingerprint density at radius 3 is 2.22 bits per heavy atom. The molecule has 0 spiro atoms. The van der Waals surface area contributed by atoms with Gasteiger partial charge in [-0.15, -0.1) is 0 Å². The summed E-state index contributed by atoms with van der Waals surface area (Å²) >= 11 is 13.5. The van der Waals surface area contributed by atoms with Gasteiger partial charge in [-0.25, -0.2) is 9.78 Å². The number of hydrogen-bond donors (Lipinski definition) is 2. The molecule has 36 heavy (non-hydrogen) atoms. The van der Waals surface area contributed by atoms with Gasteiger partial charge < -0.3 is 29.6 Å². The summed E-state index contributed by atoms with van der Waals surface area (Å²) in [6.45, 7) is 1.05. The number of anilines is 1. The average molecular weight is 560 g/mol. The van der Waals surface area contributed by atoms with E-state index in [1.54, 1.807) is 6.92 Å². The molecule has 13 heteroatoms. The Kier molecular flexibility index (Phi) is 11.4. The Morgan fingerprint density at radius 1 is 1.03 bits per heavy atom. The summed E-state index contributed by atoms with van der Waals surface area (Å²) < 4.78 is 21.0. The van der Waals surface area contributed by atoms with E-state index in [-0.39, 0.29) is 34.3 Å². The van der Waals surface area contributed by atoms with Crippen molar-refractivity contribution in [3.05, 3.63) is 39.5 Å². The van der Waals surface area contributed by atoms with E-state index in [4.69, 9.17) is 42.1 Å². The predicted molar refractivity (Wildman–Crippen MR) is 139 cm³/mol. The third-order valence-corrected chi connectivity index (χ3v) is 6.15. The molecule has 1 atom stereocenters. The van der Waals surface area contributed by atoms with Crippen LogP contribution in [0.25, 0.3) is 0 Å². The van der Waals surface area contributed by atoms with Crippen LogP contribution in [-0.2, 0) is 14.3 Å². The number of esters is 1. The second-order valence-electron chi connectivity index (χ2n) is 7.26. The van der Waals surface area contributed by atoms with Crippen molar-refractivity contribution in [1.29, 1.82) is 0 Å². The molecule has 2 aromatic rings. The quantitative estimate of drug-likeness (QED) is 0.374. The van der Waals surface area contributed by atoms with Gasteiger partial charge in [0.25, 0.3) is 11.8 Å². The highest BCUT2D eigenvalue weighted by atomic mass is 35.5. The summed E-state index contributed by atoms with van der Waals surface area (Å²) in [6.07, 6.45) is 2.14. The molecule has 0 aliphatic carbocycles. The number of benzene rings is 1. The van der Waals surface area contributed by atoms with Gasteiger partial charge >= 0.3 is 5.97 Å². The predicted octanol–water partition coefficient (Wildman–Crippen LogP) is 3.76. The number of nitrogens with one attached hydrogen (secondary N) is 2. The lowest BCUT2D eigenvalue weighted by Gasteiger charge is -2.18. The first-order valence-corrected chi connectivity index (χ1v) is 12.7. The van der Waals surface area contributed by atoms with E-state index in [2.05, 4.69) is 15.6 Å². The summed E-state index contributed by atoms with van der Waals surface area (Å²) in [5.41, 5.74) is 0.656. The summed E-state index contributed by atoms with van der Waals surface area (Å²) in [5, 5.41) is 5.61. The summed E-state index contributed by atoms with van der Waals surface area (Å²) in [4.78, 5) is 42.1. The van der Waals surface area contributed by atoms with Crippen molar-refractivity contribution in [2.45, 2.75) is 19.4 Å². The van der Waals surface area contributed by atoms with Crippen LogP contribution in [0.15, 0.2) is 18.2 Å². The molecule has 2 N–H and O–H groups in total. The van der Waals surface area contributed by atoms with Crippen molar-refractivity contribution in [2.75, 3.05) is 45.3 Å². The lowest BCUT2D eigenvalue weighted by atomic mass is 10.1. The molecule has 196 valence electrons. The first-order valence-electron chi connectivity index (χ1n) is 10.5. The van der Waals surface area contributed by atoms with Gasteiger partial charge in [0.2, 0.25) is 5.75 Å². The van der Waals surface area contributed by atoms with Crippen LogP contribution in [0.2, 0.25) is 10.0 Å². The molecule has 1 aromatic carbocycles. The molecule has 0 radical (unpaired) electrons. The summed E-state index contributed by atoms with van der Waals surface area (Å²) in [6, 6.07) is 3.37. The number of thioether (sulfide) groups is 1. The van der Waals surface area contributed by atoms with Crippen molar-refractivity contribution in [3.8, 4) is 17.2 Å². The molecule has 10 nitrogen and oxygen atoms in total. The highest BCUT2D eigenvalue weighted by Crippen LogP contribution is 2.38. The van der Waals surface area contributed by atoms with E-state index in [1.165, 1.54) is 51.3 Å². The summed E-state index contributed by atoms with van der Waals surface area (Å²) in [5.74, 6) is -0.441. The number of methoxy groups -OCH3 is 3. The lowest BCUT2D eigenvalue weighted by Crippen LogP contribution is -2.43. The van der Waals surface area contributed by atoms with E-state index in [9.17, 15) is 14.4 Å². The molecule has 0 aliphatic rings. The first-order chi connectivity index (χ1) is 17.1. The van der Waals surface area contributed by atoms with Crippen molar-refractivity contribution in [3.63, 3.8) is 0 Å². The van der Waals surface area contributed by atoms with Crippen LogP contribution in [-0.4, -0.2) is 68.8 Å². The zero-order valence-corrected chi connectivity index (χ0v) is 22.7. The minimum atomic E-state index is -1.00. The first kappa shape index (κ1) is 29.3. The van der Waals surface area contributed by atoms with Crippen molar-refractivity contribution < 1.29 is 33.3 Å². The molecule has 2 rings (SSSR count). The smallest absolute Gasteiger partial charge is 0.329 e. The number of aryl methyl sites for hydroxylation is 1. The second-order valence-corrected chi connectivity index (χ2v) is 9.06. The van der Waals surface area contributed by atoms with Crippen LogP contribution in [0, 0.1) is 6.92 Å². The maximum atomic E-state index is 12.9. The number of nitrogens with zero attached hydrogens (tertiary/aromatic N) is 1. The van der Waals surface area contributed by atoms with Gasteiger partial charge in [0.05, 0.1) is 37.1 Å².